The maximum atomic E-state index is 5.37. The second kappa shape index (κ2) is 5.90. The second-order valence-corrected chi connectivity index (χ2v) is 5.50. The van der Waals surface area contributed by atoms with Crippen LogP contribution in [0.15, 0.2) is 35.0 Å². The highest BCUT2D eigenvalue weighted by Crippen LogP contribution is 2.21. The van der Waals surface area contributed by atoms with Crippen molar-refractivity contribution < 1.29 is 9.26 Å². The van der Waals surface area contributed by atoms with E-state index in [-0.39, 0.29) is 0 Å². The van der Waals surface area contributed by atoms with E-state index in [1.807, 2.05) is 24.4 Å². The molecule has 1 aliphatic heterocycles. The van der Waals surface area contributed by atoms with Gasteiger partial charge in [0, 0.05) is 43.3 Å². The van der Waals surface area contributed by atoms with Gasteiger partial charge in [-0.15, -0.1) is 0 Å². The average Bonchev–Trinajstić information content (AvgIpc) is 3.22. The number of H-pyrrole nitrogens is 1. The van der Waals surface area contributed by atoms with Crippen LogP contribution >= 0.6 is 0 Å². The molecule has 6 nitrogen and oxygen atoms in total. The number of hydrogen-bond donors (Lipinski definition) is 1. The van der Waals surface area contributed by atoms with Gasteiger partial charge in [0.15, 0.2) is 0 Å². The molecule has 4 rings (SSSR count). The number of morpholine rings is 1. The fourth-order valence-electron chi connectivity index (χ4n) is 2.74. The van der Waals surface area contributed by atoms with Crippen LogP contribution in [0.5, 0.6) is 0 Å². The van der Waals surface area contributed by atoms with E-state index < -0.39 is 0 Å². The van der Waals surface area contributed by atoms with Crippen molar-refractivity contribution in [3.63, 3.8) is 0 Å². The van der Waals surface area contributed by atoms with Crippen LogP contribution in [0.3, 0.4) is 0 Å². The summed E-state index contributed by atoms with van der Waals surface area (Å²) in [5.41, 5.74) is 2.05. The molecule has 0 atom stereocenters. The third kappa shape index (κ3) is 2.75. The monoisotopic (exact) mass is 298 g/mol. The first-order valence-corrected chi connectivity index (χ1v) is 7.59. The lowest BCUT2D eigenvalue weighted by Gasteiger charge is -2.25. The van der Waals surface area contributed by atoms with E-state index in [4.69, 9.17) is 9.26 Å². The molecule has 0 saturated carbocycles. The molecule has 1 saturated heterocycles. The minimum Gasteiger partial charge on any atom is -0.379 e. The summed E-state index contributed by atoms with van der Waals surface area (Å²) in [5, 5.41) is 5.28. The molecule has 1 N–H and O–H groups in total. The molecule has 1 aliphatic rings. The van der Waals surface area contributed by atoms with Crippen molar-refractivity contribution in [3.8, 4) is 11.4 Å². The quantitative estimate of drug-likeness (QED) is 0.799. The van der Waals surface area contributed by atoms with Gasteiger partial charge in [0.2, 0.25) is 11.7 Å². The van der Waals surface area contributed by atoms with Gasteiger partial charge in [0.05, 0.1) is 13.2 Å². The molecule has 6 heteroatoms. The van der Waals surface area contributed by atoms with Crippen LogP contribution in [0.25, 0.3) is 22.3 Å². The SMILES string of the molecule is c1cc2ccc(-c3noc(CCN4CCOCC4)n3)cc2[nH]1. The largest absolute Gasteiger partial charge is 0.379 e. The number of aromatic nitrogens is 3. The molecule has 0 bridgehead atoms. The zero-order chi connectivity index (χ0) is 14.8. The first kappa shape index (κ1) is 13.5. The highest BCUT2D eigenvalue weighted by Gasteiger charge is 2.13. The Bertz CT molecular complexity index is 758. The molecule has 1 aromatic carbocycles. The third-order valence-corrected chi connectivity index (χ3v) is 4.03. The van der Waals surface area contributed by atoms with Gasteiger partial charge in [-0.3, -0.25) is 4.90 Å². The molecule has 3 heterocycles. The van der Waals surface area contributed by atoms with E-state index in [0.717, 1.165) is 50.3 Å². The standard InChI is InChI=1S/C16H18N4O2/c1-2-13(11-14-12(1)3-5-17-14)16-18-15(22-19-16)4-6-20-7-9-21-10-8-20/h1-3,5,11,17H,4,6-10H2. The van der Waals surface area contributed by atoms with Gasteiger partial charge in [-0.05, 0) is 17.5 Å². The predicted octanol–water partition coefficient (Wildman–Crippen LogP) is 2.09. The lowest BCUT2D eigenvalue weighted by atomic mass is 10.1. The van der Waals surface area contributed by atoms with Crippen molar-refractivity contribution in [2.24, 2.45) is 0 Å². The Morgan fingerprint density at radius 2 is 2.09 bits per heavy atom. The maximum absolute atomic E-state index is 5.37. The van der Waals surface area contributed by atoms with Crippen LogP contribution in [0.2, 0.25) is 0 Å². The van der Waals surface area contributed by atoms with E-state index in [1.54, 1.807) is 0 Å². The van der Waals surface area contributed by atoms with Gasteiger partial charge in [-0.25, -0.2) is 0 Å². The van der Waals surface area contributed by atoms with E-state index >= 15 is 0 Å². The van der Waals surface area contributed by atoms with E-state index in [2.05, 4.69) is 26.1 Å². The highest BCUT2D eigenvalue weighted by atomic mass is 16.5. The molecule has 0 radical (unpaired) electrons. The van der Waals surface area contributed by atoms with Crippen molar-refractivity contribution >= 4 is 10.9 Å². The van der Waals surface area contributed by atoms with Crippen LogP contribution in [-0.2, 0) is 11.2 Å². The van der Waals surface area contributed by atoms with Gasteiger partial charge in [-0.1, -0.05) is 17.3 Å². The summed E-state index contributed by atoms with van der Waals surface area (Å²) in [6.07, 6.45) is 2.70. The molecule has 114 valence electrons. The lowest BCUT2D eigenvalue weighted by Crippen LogP contribution is -2.37. The Kier molecular flexibility index (Phi) is 3.62. The van der Waals surface area contributed by atoms with Crippen LogP contribution < -0.4 is 0 Å². The van der Waals surface area contributed by atoms with Crippen molar-refractivity contribution in [2.75, 3.05) is 32.8 Å². The van der Waals surface area contributed by atoms with Crippen LogP contribution in [0, 0.1) is 0 Å². The summed E-state index contributed by atoms with van der Waals surface area (Å²) in [4.78, 5) is 10.1. The normalized spacial score (nSPS) is 16.4. The number of nitrogens with one attached hydrogen (secondary N) is 1. The minimum absolute atomic E-state index is 0.647. The Balaban J connectivity index is 1.46. The predicted molar refractivity (Wildman–Crippen MR) is 82.6 cm³/mol. The number of hydrogen-bond acceptors (Lipinski definition) is 5. The smallest absolute Gasteiger partial charge is 0.228 e. The van der Waals surface area contributed by atoms with Crippen LogP contribution in [0.1, 0.15) is 5.89 Å². The van der Waals surface area contributed by atoms with E-state index in [0.29, 0.717) is 11.7 Å². The molecule has 3 aromatic rings. The molecule has 22 heavy (non-hydrogen) atoms. The minimum atomic E-state index is 0.647. The van der Waals surface area contributed by atoms with Gasteiger partial charge in [-0.2, -0.15) is 4.98 Å². The first-order valence-electron chi connectivity index (χ1n) is 7.59. The molecule has 0 amide bonds. The maximum Gasteiger partial charge on any atom is 0.228 e. The van der Waals surface area contributed by atoms with Crippen molar-refractivity contribution in [1.82, 2.24) is 20.0 Å². The molecule has 0 unspecified atom stereocenters. The Labute approximate surface area is 128 Å². The average molecular weight is 298 g/mol. The van der Waals surface area contributed by atoms with Crippen LogP contribution in [0.4, 0.5) is 0 Å². The van der Waals surface area contributed by atoms with Crippen molar-refractivity contribution in [1.29, 1.82) is 0 Å². The molecular weight excluding hydrogens is 280 g/mol. The summed E-state index contributed by atoms with van der Waals surface area (Å²) in [6.45, 7) is 4.51. The molecule has 1 fully saturated rings. The van der Waals surface area contributed by atoms with Gasteiger partial charge < -0.3 is 14.2 Å². The van der Waals surface area contributed by atoms with Gasteiger partial charge >= 0.3 is 0 Å². The number of fused-ring (bicyclic) bond motifs is 1. The topological polar surface area (TPSA) is 67.2 Å². The second-order valence-electron chi connectivity index (χ2n) is 5.50. The van der Waals surface area contributed by atoms with Gasteiger partial charge in [0.1, 0.15) is 0 Å². The summed E-state index contributed by atoms with van der Waals surface area (Å²) >= 11 is 0. The number of nitrogens with zero attached hydrogens (tertiary/aromatic N) is 3. The first-order chi connectivity index (χ1) is 10.9. The highest BCUT2D eigenvalue weighted by molar-refractivity contribution is 5.83. The molecule has 2 aromatic heterocycles. The fourth-order valence-corrected chi connectivity index (χ4v) is 2.74. The Morgan fingerprint density at radius 3 is 3.00 bits per heavy atom. The molecular formula is C16H18N4O2. The van der Waals surface area contributed by atoms with Crippen molar-refractivity contribution in [2.45, 2.75) is 6.42 Å². The number of rotatable bonds is 4. The summed E-state index contributed by atoms with van der Waals surface area (Å²) < 4.78 is 10.7. The van der Waals surface area contributed by atoms with E-state index in [9.17, 15) is 0 Å². The number of benzene rings is 1. The lowest BCUT2D eigenvalue weighted by molar-refractivity contribution is 0.0375. The van der Waals surface area contributed by atoms with Crippen LogP contribution in [-0.4, -0.2) is 52.9 Å². The number of aromatic amines is 1. The van der Waals surface area contributed by atoms with E-state index in [1.165, 1.54) is 5.39 Å². The Morgan fingerprint density at radius 1 is 1.18 bits per heavy atom. The Hall–Kier alpha value is -2.18. The zero-order valence-electron chi connectivity index (χ0n) is 12.3. The molecule has 0 spiro atoms. The summed E-state index contributed by atoms with van der Waals surface area (Å²) in [6, 6.07) is 8.17. The fraction of sp³-hybridized carbons (Fsp3) is 0.375. The summed E-state index contributed by atoms with van der Waals surface area (Å²) in [5.74, 6) is 1.33. The summed E-state index contributed by atoms with van der Waals surface area (Å²) in [7, 11) is 0. The number of ether oxygens (including phenoxy) is 1. The van der Waals surface area contributed by atoms with Crippen molar-refractivity contribution in [3.05, 3.63) is 36.4 Å². The van der Waals surface area contributed by atoms with Gasteiger partial charge in [0.25, 0.3) is 0 Å². The molecule has 0 aliphatic carbocycles. The zero-order valence-corrected chi connectivity index (χ0v) is 12.3. The third-order valence-electron chi connectivity index (χ3n) is 4.03.